The number of hydrogen-bond donors (Lipinski definition) is 0. The first kappa shape index (κ1) is 12.8. The second-order valence-corrected chi connectivity index (χ2v) is 3.86. The van der Waals surface area contributed by atoms with Crippen LogP contribution in [0.1, 0.15) is 17.5 Å². The lowest BCUT2D eigenvalue weighted by Gasteiger charge is -2.08. The number of carbonyl (C=O) groups excluding carboxylic acids is 1. The van der Waals surface area contributed by atoms with Gasteiger partial charge in [0.2, 0.25) is 0 Å². The molecule has 1 aromatic carbocycles. The van der Waals surface area contributed by atoms with E-state index in [2.05, 4.69) is 22.5 Å². The van der Waals surface area contributed by atoms with E-state index in [-0.39, 0.29) is 18.0 Å². The predicted octanol–water partition coefficient (Wildman–Crippen LogP) is 4.02. The summed E-state index contributed by atoms with van der Waals surface area (Å²) in [5.74, 6) is -0.431. The van der Waals surface area contributed by atoms with Crippen LogP contribution in [-0.4, -0.2) is 5.78 Å². The first-order valence-electron chi connectivity index (χ1n) is 4.81. The zero-order chi connectivity index (χ0) is 12.1. The molecular formula is C13H12BrFO. The lowest BCUT2D eigenvalue weighted by atomic mass is 9.97. The van der Waals surface area contributed by atoms with Gasteiger partial charge in [-0.25, -0.2) is 4.39 Å². The zero-order valence-corrected chi connectivity index (χ0v) is 10.6. The van der Waals surface area contributed by atoms with Crippen molar-refractivity contribution < 1.29 is 9.18 Å². The van der Waals surface area contributed by atoms with E-state index >= 15 is 0 Å². The van der Waals surface area contributed by atoms with Crippen LogP contribution in [0.5, 0.6) is 0 Å². The molecule has 0 saturated carbocycles. The Hall–Kier alpha value is -1.22. The van der Waals surface area contributed by atoms with Crippen molar-refractivity contribution in [1.82, 2.24) is 0 Å². The van der Waals surface area contributed by atoms with Crippen molar-refractivity contribution in [3.8, 4) is 0 Å². The number of carbonyl (C=O) groups is 1. The summed E-state index contributed by atoms with van der Waals surface area (Å²) >= 11 is 3.14. The van der Waals surface area contributed by atoms with Crippen LogP contribution >= 0.6 is 15.9 Å². The first-order valence-corrected chi connectivity index (χ1v) is 5.72. The molecule has 1 aromatic rings. The molecule has 3 heteroatoms. The fourth-order valence-electron chi connectivity index (χ4n) is 1.40. The number of ketones is 1. The Morgan fingerprint density at radius 2 is 2.25 bits per heavy atom. The number of aryl methyl sites for hydroxylation is 1. The largest absolute Gasteiger partial charge is 0.294 e. The van der Waals surface area contributed by atoms with E-state index in [0.29, 0.717) is 11.1 Å². The Morgan fingerprint density at radius 1 is 1.56 bits per heavy atom. The fraction of sp³-hybridized carbons (Fsp3) is 0.154. The molecule has 1 rings (SSSR count). The van der Waals surface area contributed by atoms with Gasteiger partial charge in [0.25, 0.3) is 0 Å². The number of benzene rings is 1. The zero-order valence-electron chi connectivity index (χ0n) is 8.97. The molecule has 0 unspecified atom stereocenters. The molecule has 0 aliphatic heterocycles. The molecule has 84 valence electrons. The van der Waals surface area contributed by atoms with E-state index in [0.717, 1.165) is 5.56 Å². The van der Waals surface area contributed by atoms with E-state index in [1.165, 1.54) is 23.2 Å². The van der Waals surface area contributed by atoms with Gasteiger partial charge in [0.1, 0.15) is 5.82 Å². The van der Waals surface area contributed by atoms with Gasteiger partial charge in [-0.15, -0.1) is 6.58 Å². The van der Waals surface area contributed by atoms with E-state index in [1.54, 1.807) is 6.07 Å². The van der Waals surface area contributed by atoms with Crippen LogP contribution in [0.4, 0.5) is 4.39 Å². The second-order valence-electron chi connectivity index (χ2n) is 3.40. The van der Waals surface area contributed by atoms with Gasteiger partial charge in [0.05, 0.1) is 0 Å². The van der Waals surface area contributed by atoms with E-state index in [4.69, 9.17) is 0 Å². The Labute approximate surface area is 103 Å². The van der Waals surface area contributed by atoms with Gasteiger partial charge >= 0.3 is 0 Å². The number of Topliss-reactive ketones (excluding diaryl/α,β-unsaturated/α-hetero) is 1. The fourth-order valence-corrected chi connectivity index (χ4v) is 1.90. The minimum absolute atomic E-state index is 0.0828. The lowest BCUT2D eigenvalue weighted by molar-refractivity contribution is -0.113. The molecular weight excluding hydrogens is 271 g/mol. The monoisotopic (exact) mass is 282 g/mol. The standard InChI is InChI=1S/C13H12BrFO/c1-3-4-13(16)12(8-14)11-7-10(15)6-5-9(11)2/h3,5-8H,1,4H2,2H3/b12-8-. The minimum atomic E-state index is -0.348. The van der Waals surface area contributed by atoms with Crippen molar-refractivity contribution in [2.24, 2.45) is 0 Å². The highest BCUT2D eigenvalue weighted by Gasteiger charge is 2.12. The third-order valence-electron chi connectivity index (χ3n) is 2.23. The van der Waals surface area contributed by atoms with Crippen LogP contribution < -0.4 is 0 Å². The maximum absolute atomic E-state index is 13.1. The maximum Gasteiger partial charge on any atom is 0.167 e. The topological polar surface area (TPSA) is 17.1 Å². The highest BCUT2D eigenvalue weighted by atomic mass is 79.9. The van der Waals surface area contributed by atoms with Crippen LogP contribution in [0, 0.1) is 12.7 Å². The molecule has 0 aromatic heterocycles. The smallest absolute Gasteiger partial charge is 0.167 e. The average Bonchev–Trinajstić information content (AvgIpc) is 2.24. The summed E-state index contributed by atoms with van der Waals surface area (Å²) in [6.07, 6.45) is 1.78. The second kappa shape index (κ2) is 5.75. The Kier molecular flexibility index (Phi) is 4.62. The highest BCUT2D eigenvalue weighted by molar-refractivity contribution is 9.11. The van der Waals surface area contributed by atoms with Gasteiger partial charge in [0.15, 0.2) is 5.78 Å². The minimum Gasteiger partial charge on any atom is -0.294 e. The number of hydrogen-bond acceptors (Lipinski definition) is 1. The van der Waals surface area contributed by atoms with Gasteiger partial charge < -0.3 is 0 Å². The van der Waals surface area contributed by atoms with Crippen molar-refractivity contribution in [1.29, 1.82) is 0 Å². The van der Waals surface area contributed by atoms with Gasteiger partial charge in [-0.1, -0.05) is 28.1 Å². The average molecular weight is 283 g/mol. The first-order chi connectivity index (χ1) is 7.60. The molecule has 0 N–H and O–H groups in total. The summed E-state index contributed by atoms with van der Waals surface area (Å²) in [6.45, 7) is 5.35. The summed E-state index contributed by atoms with van der Waals surface area (Å²) in [4.78, 5) is 13.3. The van der Waals surface area contributed by atoms with Gasteiger partial charge in [-0.3, -0.25) is 4.79 Å². The molecule has 0 radical (unpaired) electrons. The molecule has 0 aliphatic rings. The van der Waals surface area contributed by atoms with Crippen molar-refractivity contribution in [2.75, 3.05) is 0 Å². The van der Waals surface area contributed by atoms with Crippen LogP contribution in [0.15, 0.2) is 35.8 Å². The van der Waals surface area contributed by atoms with Gasteiger partial charge in [-0.05, 0) is 35.2 Å². The molecule has 0 aliphatic carbocycles. The molecule has 0 amide bonds. The molecule has 0 spiro atoms. The van der Waals surface area contributed by atoms with Crippen molar-refractivity contribution in [2.45, 2.75) is 13.3 Å². The molecule has 0 fully saturated rings. The number of allylic oxidation sites excluding steroid dienone is 2. The van der Waals surface area contributed by atoms with Crippen molar-refractivity contribution >= 4 is 27.3 Å². The Morgan fingerprint density at radius 3 is 2.81 bits per heavy atom. The third-order valence-corrected chi connectivity index (χ3v) is 2.69. The third kappa shape index (κ3) is 2.89. The van der Waals surface area contributed by atoms with Crippen molar-refractivity contribution in [3.63, 3.8) is 0 Å². The normalized spacial score (nSPS) is 11.3. The molecule has 0 atom stereocenters. The summed E-state index contributed by atoms with van der Waals surface area (Å²) < 4.78 is 13.1. The molecule has 16 heavy (non-hydrogen) atoms. The van der Waals surface area contributed by atoms with E-state index in [1.807, 2.05) is 6.92 Å². The lowest BCUT2D eigenvalue weighted by Crippen LogP contribution is -2.02. The SMILES string of the molecule is C=CCC(=O)/C(=C\Br)c1cc(F)ccc1C. The number of halogens is 2. The molecule has 1 nitrogen and oxygen atoms in total. The van der Waals surface area contributed by atoms with Gasteiger partial charge in [-0.2, -0.15) is 0 Å². The summed E-state index contributed by atoms with van der Waals surface area (Å²) in [5.41, 5.74) is 1.95. The van der Waals surface area contributed by atoms with Crippen LogP contribution in [0.2, 0.25) is 0 Å². The van der Waals surface area contributed by atoms with Crippen LogP contribution in [0.25, 0.3) is 5.57 Å². The molecule has 0 saturated heterocycles. The van der Waals surface area contributed by atoms with Gasteiger partial charge in [0, 0.05) is 12.0 Å². The summed E-state index contributed by atoms with van der Waals surface area (Å²) in [5, 5.41) is 0. The molecule has 0 heterocycles. The highest BCUT2D eigenvalue weighted by Crippen LogP contribution is 2.23. The van der Waals surface area contributed by atoms with E-state index < -0.39 is 0 Å². The van der Waals surface area contributed by atoms with Crippen LogP contribution in [0.3, 0.4) is 0 Å². The number of rotatable bonds is 4. The Balaban J connectivity index is 3.19. The van der Waals surface area contributed by atoms with Crippen molar-refractivity contribution in [3.05, 3.63) is 52.8 Å². The summed E-state index contributed by atoms with van der Waals surface area (Å²) in [6, 6.07) is 4.40. The Bertz CT molecular complexity index is 449. The summed E-state index contributed by atoms with van der Waals surface area (Å²) in [7, 11) is 0. The van der Waals surface area contributed by atoms with E-state index in [9.17, 15) is 9.18 Å². The predicted molar refractivity (Wildman–Crippen MR) is 67.9 cm³/mol. The quantitative estimate of drug-likeness (QED) is 0.602. The maximum atomic E-state index is 13.1. The van der Waals surface area contributed by atoms with Crippen LogP contribution in [-0.2, 0) is 4.79 Å². The molecule has 0 bridgehead atoms.